The highest BCUT2D eigenvalue weighted by atomic mass is 79.9. The highest BCUT2D eigenvalue weighted by Crippen LogP contribution is 2.35. The summed E-state index contributed by atoms with van der Waals surface area (Å²) in [5.41, 5.74) is -0.772. The van der Waals surface area contributed by atoms with Crippen LogP contribution in [0, 0.1) is 0 Å². The lowest BCUT2D eigenvalue weighted by atomic mass is 10.2. The molecule has 4 rings (SSSR count). The molecule has 0 bridgehead atoms. The van der Waals surface area contributed by atoms with Gasteiger partial charge in [-0.25, -0.2) is 19.5 Å². The number of hydrogen-bond donors (Lipinski definition) is 1. The monoisotopic (exact) mass is 453 g/mol. The van der Waals surface area contributed by atoms with Crippen LogP contribution in [-0.2, 0) is 6.18 Å². The Morgan fingerprint density at radius 2 is 1.93 bits per heavy atom. The average molecular weight is 454 g/mol. The summed E-state index contributed by atoms with van der Waals surface area (Å²) in [6, 6.07) is 2.18. The highest BCUT2D eigenvalue weighted by molar-refractivity contribution is 9.10. The van der Waals surface area contributed by atoms with Crippen LogP contribution in [0.3, 0.4) is 0 Å². The van der Waals surface area contributed by atoms with Gasteiger partial charge in [-0.3, -0.25) is 0 Å². The second-order valence-electron chi connectivity index (χ2n) is 5.72. The van der Waals surface area contributed by atoms with Crippen molar-refractivity contribution in [2.45, 2.75) is 19.1 Å². The van der Waals surface area contributed by atoms with Gasteiger partial charge in [0.2, 0.25) is 5.95 Å². The number of anilines is 1. The molecular weight excluding hydrogens is 443 g/mol. The van der Waals surface area contributed by atoms with Crippen molar-refractivity contribution < 1.29 is 13.2 Å². The quantitative estimate of drug-likeness (QED) is 0.506. The maximum atomic E-state index is 13.1. The number of pyridine rings is 1. The van der Waals surface area contributed by atoms with E-state index in [1.54, 1.807) is 25.4 Å². The second-order valence-corrected chi connectivity index (χ2v) is 6.57. The summed E-state index contributed by atoms with van der Waals surface area (Å²) < 4.78 is 41.7. The first-order chi connectivity index (χ1) is 13.3. The lowest BCUT2D eigenvalue weighted by molar-refractivity contribution is -0.138. The third-order valence-corrected chi connectivity index (χ3v) is 4.41. The van der Waals surface area contributed by atoms with Crippen molar-refractivity contribution in [2.24, 2.45) is 0 Å². The molecule has 0 aromatic carbocycles. The SMILES string of the molecule is C[C@H](Nc1nc2cc(C(F)(F)F)c(Br)cn2n1)c1ncnn1-c1ncccn1. The van der Waals surface area contributed by atoms with E-state index in [1.807, 2.05) is 0 Å². The van der Waals surface area contributed by atoms with Gasteiger partial charge < -0.3 is 5.32 Å². The molecule has 0 aliphatic heterocycles. The van der Waals surface area contributed by atoms with Crippen molar-refractivity contribution in [1.29, 1.82) is 0 Å². The molecule has 0 radical (unpaired) electrons. The summed E-state index contributed by atoms with van der Waals surface area (Å²) in [6.07, 6.45) is 1.21. The van der Waals surface area contributed by atoms with Crippen LogP contribution in [0.5, 0.6) is 0 Å². The molecule has 144 valence electrons. The van der Waals surface area contributed by atoms with Crippen LogP contribution >= 0.6 is 15.9 Å². The van der Waals surface area contributed by atoms with Crippen molar-refractivity contribution in [3.63, 3.8) is 0 Å². The molecule has 0 amide bonds. The van der Waals surface area contributed by atoms with E-state index < -0.39 is 17.8 Å². The molecule has 28 heavy (non-hydrogen) atoms. The fourth-order valence-corrected chi connectivity index (χ4v) is 3.07. The minimum absolute atomic E-state index is 0.0538. The fourth-order valence-electron chi connectivity index (χ4n) is 2.54. The van der Waals surface area contributed by atoms with Gasteiger partial charge in [-0.05, 0) is 35.0 Å². The van der Waals surface area contributed by atoms with E-state index in [2.05, 4.69) is 51.4 Å². The van der Waals surface area contributed by atoms with Gasteiger partial charge in [-0.1, -0.05) is 0 Å². The Labute approximate surface area is 163 Å². The number of halogens is 4. The van der Waals surface area contributed by atoms with Gasteiger partial charge >= 0.3 is 6.18 Å². The van der Waals surface area contributed by atoms with Crippen molar-refractivity contribution in [2.75, 3.05) is 5.32 Å². The fraction of sp³-hybridized carbons (Fsp3) is 0.200. The van der Waals surface area contributed by atoms with Gasteiger partial charge in [-0.15, -0.1) is 5.10 Å². The molecule has 4 aromatic rings. The number of fused-ring (bicyclic) bond motifs is 1. The van der Waals surface area contributed by atoms with E-state index >= 15 is 0 Å². The van der Waals surface area contributed by atoms with Gasteiger partial charge in [0.15, 0.2) is 11.5 Å². The molecule has 0 aliphatic rings. The molecule has 0 aliphatic carbocycles. The summed E-state index contributed by atoms with van der Waals surface area (Å²) in [4.78, 5) is 16.6. The molecule has 13 heteroatoms. The Balaban J connectivity index is 1.63. The average Bonchev–Trinajstić information content (AvgIpc) is 3.27. The van der Waals surface area contributed by atoms with Gasteiger partial charge in [0.1, 0.15) is 6.33 Å². The Bertz CT molecular complexity index is 1120. The van der Waals surface area contributed by atoms with Crippen LogP contribution in [0.2, 0.25) is 0 Å². The molecule has 0 fully saturated rings. The first kappa shape index (κ1) is 18.3. The second kappa shape index (κ2) is 6.82. The standard InChI is InChI=1S/C15H11BrF3N9/c1-8(12-22-7-23-28(12)14-20-3-2-4-21-14)24-13-25-11-5-9(15(17,18)19)10(16)6-27(11)26-13/h2-8H,1H3,(H,24,26)/t8-/m0/s1. The van der Waals surface area contributed by atoms with Crippen molar-refractivity contribution >= 4 is 27.5 Å². The highest BCUT2D eigenvalue weighted by Gasteiger charge is 2.34. The summed E-state index contributed by atoms with van der Waals surface area (Å²) in [7, 11) is 0. The number of rotatable bonds is 4. The molecule has 1 N–H and O–H groups in total. The lowest BCUT2D eigenvalue weighted by Gasteiger charge is -2.12. The van der Waals surface area contributed by atoms with Gasteiger partial charge in [0, 0.05) is 23.1 Å². The van der Waals surface area contributed by atoms with Crippen LogP contribution < -0.4 is 5.32 Å². The first-order valence-corrected chi connectivity index (χ1v) is 8.69. The van der Waals surface area contributed by atoms with Crippen LogP contribution in [0.1, 0.15) is 24.4 Å². The minimum atomic E-state index is -4.50. The number of nitrogens with zero attached hydrogens (tertiary/aromatic N) is 8. The zero-order valence-electron chi connectivity index (χ0n) is 14.1. The van der Waals surface area contributed by atoms with E-state index in [1.165, 1.54) is 21.7 Å². The van der Waals surface area contributed by atoms with Crippen LogP contribution in [0.25, 0.3) is 11.6 Å². The number of alkyl halides is 3. The summed E-state index contributed by atoms with van der Waals surface area (Å²) >= 11 is 2.92. The van der Waals surface area contributed by atoms with Crippen LogP contribution in [0.4, 0.5) is 19.1 Å². The summed E-state index contributed by atoms with van der Waals surface area (Å²) in [6.45, 7) is 1.78. The Kier molecular flexibility index (Phi) is 4.45. The van der Waals surface area contributed by atoms with Crippen LogP contribution in [0.15, 0.2) is 41.5 Å². The third kappa shape index (κ3) is 3.40. The Hall–Kier alpha value is -3.09. The number of aromatic nitrogens is 8. The smallest absolute Gasteiger partial charge is 0.343 e. The molecular formula is C15H11BrF3N9. The zero-order valence-corrected chi connectivity index (χ0v) is 15.7. The van der Waals surface area contributed by atoms with Crippen molar-refractivity contribution in [3.8, 4) is 5.95 Å². The molecule has 0 saturated carbocycles. The van der Waals surface area contributed by atoms with E-state index in [0.717, 1.165) is 6.07 Å². The van der Waals surface area contributed by atoms with Crippen LogP contribution in [-0.4, -0.2) is 39.3 Å². The largest absolute Gasteiger partial charge is 0.417 e. The molecule has 0 unspecified atom stereocenters. The Morgan fingerprint density at radius 1 is 1.18 bits per heavy atom. The zero-order chi connectivity index (χ0) is 19.9. The van der Waals surface area contributed by atoms with E-state index in [9.17, 15) is 13.2 Å². The van der Waals surface area contributed by atoms with E-state index in [0.29, 0.717) is 11.8 Å². The topological polar surface area (TPSA) is 98.7 Å². The molecule has 4 aromatic heterocycles. The molecule has 0 spiro atoms. The van der Waals surface area contributed by atoms with Crippen molar-refractivity contribution in [3.05, 3.63) is 52.9 Å². The molecule has 4 heterocycles. The normalized spacial score (nSPS) is 13.0. The molecule has 9 nitrogen and oxygen atoms in total. The van der Waals surface area contributed by atoms with E-state index in [4.69, 9.17) is 0 Å². The van der Waals surface area contributed by atoms with Gasteiger partial charge in [-0.2, -0.15) is 27.9 Å². The van der Waals surface area contributed by atoms with Gasteiger partial charge in [0.05, 0.1) is 11.6 Å². The predicted molar refractivity (Wildman–Crippen MR) is 94.7 cm³/mol. The molecule has 0 saturated heterocycles. The van der Waals surface area contributed by atoms with E-state index in [-0.39, 0.29) is 16.1 Å². The third-order valence-electron chi connectivity index (χ3n) is 3.78. The first-order valence-electron chi connectivity index (χ1n) is 7.90. The maximum absolute atomic E-state index is 13.1. The van der Waals surface area contributed by atoms with Gasteiger partial charge in [0.25, 0.3) is 5.95 Å². The summed E-state index contributed by atoms with van der Waals surface area (Å²) in [5.74, 6) is 0.967. The number of hydrogen-bond acceptors (Lipinski definition) is 7. The van der Waals surface area contributed by atoms with Crippen molar-refractivity contribution in [1.82, 2.24) is 39.3 Å². The lowest BCUT2D eigenvalue weighted by Crippen LogP contribution is -2.16. The Morgan fingerprint density at radius 3 is 2.64 bits per heavy atom. The predicted octanol–water partition coefficient (Wildman–Crippen LogP) is 3.05. The number of nitrogens with one attached hydrogen (secondary N) is 1. The molecule has 1 atom stereocenters. The maximum Gasteiger partial charge on any atom is 0.417 e. The summed E-state index contributed by atoms with van der Waals surface area (Å²) in [5, 5.41) is 11.3. The minimum Gasteiger partial charge on any atom is -0.343 e.